The molecule has 0 atom stereocenters. The lowest BCUT2D eigenvalue weighted by atomic mass is 9.82. The van der Waals surface area contributed by atoms with Gasteiger partial charge in [0, 0.05) is 43.9 Å². The first kappa shape index (κ1) is 45.8. The predicted molar refractivity (Wildman–Crippen MR) is 331 cm³/mol. The van der Waals surface area contributed by atoms with E-state index in [0.717, 1.165) is 39.7 Å². The van der Waals surface area contributed by atoms with Crippen molar-refractivity contribution in [1.29, 1.82) is 0 Å². The summed E-state index contributed by atoms with van der Waals surface area (Å²) in [5, 5.41) is 9.52. The average molecular weight is 999 g/mol. The maximum Gasteiger partial charge on any atom is 0.0474 e. The Labute approximate surface area is 453 Å². The molecule has 0 N–H and O–H groups in total. The summed E-state index contributed by atoms with van der Waals surface area (Å²) in [6.07, 6.45) is 0. The quantitative estimate of drug-likeness (QED) is 0.119. The number of anilines is 6. The van der Waals surface area contributed by atoms with E-state index in [4.69, 9.17) is 0 Å². The van der Waals surface area contributed by atoms with Crippen LogP contribution in [0.15, 0.2) is 303 Å². The van der Waals surface area contributed by atoms with Crippen molar-refractivity contribution in [1.82, 2.24) is 0 Å². The van der Waals surface area contributed by atoms with Crippen molar-refractivity contribution in [2.75, 3.05) is 9.80 Å². The van der Waals surface area contributed by atoms with Crippen molar-refractivity contribution in [3.05, 3.63) is 303 Å². The van der Waals surface area contributed by atoms with E-state index in [1.54, 1.807) is 0 Å². The Balaban J connectivity index is 1.06. The lowest BCUT2D eigenvalue weighted by Crippen LogP contribution is -2.10. The standard InChI is InChI=1S/C74H50N2S/c1-6-23-51(24-7-1)71-43-44-72(77-71)56-28-22-27-52(45-56)53-41-42-67-68(48-53)74(70-50-62(47-55-26-17-19-38-64(55)70)76(59-33-12-4-13-34-59)60-35-14-5-15-36-60)66-40-21-20-39-65(66)73(67)69-49-61(46-54-25-16-18-37-63(54)69)75(57-29-8-2-9-30-57)58-31-10-3-11-32-58/h1-50H. The van der Waals surface area contributed by atoms with Gasteiger partial charge in [-0.2, -0.15) is 0 Å². The molecule has 3 heteroatoms. The van der Waals surface area contributed by atoms with Crippen LogP contribution in [0.5, 0.6) is 0 Å². The van der Waals surface area contributed by atoms with Gasteiger partial charge in [-0.1, -0.05) is 206 Å². The molecule has 0 spiro atoms. The maximum absolute atomic E-state index is 2.48. The predicted octanol–water partition coefficient (Wildman–Crippen LogP) is 21.6. The zero-order chi connectivity index (χ0) is 51.1. The van der Waals surface area contributed by atoms with E-state index in [2.05, 4.69) is 313 Å². The molecular weight excluding hydrogens is 949 g/mol. The molecule has 0 bridgehead atoms. The molecule has 362 valence electrons. The van der Waals surface area contributed by atoms with Gasteiger partial charge in [-0.05, 0) is 185 Å². The summed E-state index contributed by atoms with van der Waals surface area (Å²) in [6, 6.07) is 111. The van der Waals surface area contributed by atoms with Crippen LogP contribution in [0.25, 0.3) is 97.4 Å². The average Bonchev–Trinajstić information content (AvgIpc) is 4.01. The van der Waals surface area contributed by atoms with Gasteiger partial charge in [0.15, 0.2) is 0 Å². The summed E-state index contributed by atoms with van der Waals surface area (Å²) in [5.41, 5.74) is 16.1. The highest BCUT2D eigenvalue weighted by Crippen LogP contribution is 2.51. The topological polar surface area (TPSA) is 6.48 Å². The fourth-order valence-electron chi connectivity index (χ4n) is 11.5. The van der Waals surface area contributed by atoms with E-state index in [1.165, 1.54) is 91.8 Å². The van der Waals surface area contributed by atoms with Gasteiger partial charge in [-0.15, -0.1) is 11.3 Å². The van der Waals surface area contributed by atoms with Crippen LogP contribution in [0, 0.1) is 0 Å². The van der Waals surface area contributed by atoms with Crippen molar-refractivity contribution in [2.24, 2.45) is 0 Å². The molecule has 1 heterocycles. The Morgan fingerprint density at radius 2 is 0.571 bits per heavy atom. The van der Waals surface area contributed by atoms with Gasteiger partial charge in [0.1, 0.15) is 0 Å². The van der Waals surface area contributed by atoms with Gasteiger partial charge in [-0.25, -0.2) is 0 Å². The third-order valence-corrected chi connectivity index (χ3v) is 16.2. The van der Waals surface area contributed by atoms with Gasteiger partial charge in [0.05, 0.1) is 0 Å². The van der Waals surface area contributed by atoms with Crippen molar-refractivity contribution < 1.29 is 0 Å². The van der Waals surface area contributed by atoms with E-state index in [0.29, 0.717) is 0 Å². The second-order valence-corrected chi connectivity index (χ2v) is 20.7. The summed E-state index contributed by atoms with van der Waals surface area (Å²) >= 11 is 1.84. The summed E-state index contributed by atoms with van der Waals surface area (Å²) in [4.78, 5) is 7.29. The van der Waals surface area contributed by atoms with E-state index >= 15 is 0 Å². The Bertz CT molecular complexity index is 4360. The fourth-order valence-corrected chi connectivity index (χ4v) is 12.5. The molecule has 0 aliphatic heterocycles. The molecule has 2 nitrogen and oxygen atoms in total. The number of rotatable bonds is 11. The first-order valence-corrected chi connectivity index (χ1v) is 27.1. The highest BCUT2D eigenvalue weighted by Gasteiger charge is 2.24. The molecule has 0 saturated heterocycles. The molecule has 0 aliphatic carbocycles. The smallest absolute Gasteiger partial charge is 0.0474 e. The number of para-hydroxylation sites is 4. The Hall–Kier alpha value is -9.80. The van der Waals surface area contributed by atoms with Crippen molar-refractivity contribution >= 4 is 88.6 Å². The number of hydrogen-bond acceptors (Lipinski definition) is 3. The molecule has 0 unspecified atom stereocenters. The molecule has 0 saturated carbocycles. The Morgan fingerprint density at radius 3 is 1.06 bits per heavy atom. The highest BCUT2D eigenvalue weighted by atomic mass is 32.1. The lowest BCUT2D eigenvalue weighted by molar-refractivity contribution is 1.29. The van der Waals surface area contributed by atoms with Crippen LogP contribution in [0.1, 0.15) is 0 Å². The fraction of sp³-hybridized carbons (Fsp3) is 0. The molecule has 14 aromatic rings. The monoisotopic (exact) mass is 998 g/mol. The largest absolute Gasteiger partial charge is 0.310 e. The lowest BCUT2D eigenvalue weighted by Gasteiger charge is -2.28. The van der Waals surface area contributed by atoms with E-state index in [9.17, 15) is 0 Å². The van der Waals surface area contributed by atoms with Gasteiger partial charge in [0.2, 0.25) is 0 Å². The minimum atomic E-state index is 1.09. The van der Waals surface area contributed by atoms with Crippen LogP contribution in [-0.4, -0.2) is 0 Å². The molecule has 0 fully saturated rings. The van der Waals surface area contributed by atoms with Crippen LogP contribution in [0.3, 0.4) is 0 Å². The number of benzene rings is 13. The molecule has 77 heavy (non-hydrogen) atoms. The maximum atomic E-state index is 2.48. The Morgan fingerprint density at radius 1 is 0.208 bits per heavy atom. The SMILES string of the molecule is c1ccc(-c2ccc(-c3cccc(-c4ccc5c(-c6cc(N(c7ccccc7)c7ccccc7)cc7ccccc67)c6ccccc6c(-c6cc(N(c7ccccc7)c7ccccc7)cc7ccccc67)c5c4)c3)s2)cc1. The number of nitrogens with zero attached hydrogens (tertiary/aromatic N) is 2. The number of fused-ring (bicyclic) bond motifs is 4. The zero-order valence-electron chi connectivity index (χ0n) is 42.2. The molecular formula is C74H50N2S. The van der Waals surface area contributed by atoms with Gasteiger partial charge >= 0.3 is 0 Å². The number of hydrogen-bond donors (Lipinski definition) is 0. The van der Waals surface area contributed by atoms with E-state index in [-0.39, 0.29) is 0 Å². The van der Waals surface area contributed by atoms with Crippen molar-refractivity contribution in [2.45, 2.75) is 0 Å². The molecule has 14 rings (SSSR count). The van der Waals surface area contributed by atoms with Gasteiger partial charge < -0.3 is 9.80 Å². The minimum Gasteiger partial charge on any atom is -0.310 e. The first-order chi connectivity index (χ1) is 38.2. The molecule has 13 aromatic carbocycles. The number of thiophene rings is 1. The normalized spacial score (nSPS) is 11.4. The third kappa shape index (κ3) is 8.50. The molecule has 0 radical (unpaired) electrons. The van der Waals surface area contributed by atoms with Gasteiger partial charge in [0.25, 0.3) is 0 Å². The highest BCUT2D eigenvalue weighted by molar-refractivity contribution is 7.18. The van der Waals surface area contributed by atoms with Crippen LogP contribution in [-0.2, 0) is 0 Å². The van der Waals surface area contributed by atoms with Crippen LogP contribution in [0.4, 0.5) is 34.1 Å². The van der Waals surface area contributed by atoms with E-state index < -0.39 is 0 Å². The molecule has 1 aromatic heterocycles. The van der Waals surface area contributed by atoms with E-state index in [1.807, 2.05) is 11.3 Å². The van der Waals surface area contributed by atoms with Crippen molar-refractivity contribution in [3.63, 3.8) is 0 Å². The second kappa shape index (κ2) is 19.8. The van der Waals surface area contributed by atoms with Crippen LogP contribution < -0.4 is 9.80 Å². The first-order valence-electron chi connectivity index (χ1n) is 26.3. The zero-order valence-corrected chi connectivity index (χ0v) is 43.0. The second-order valence-electron chi connectivity index (χ2n) is 19.6. The van der Waals surface area contributed by atoms with Gasteiger partial charge in [-0.3, -0.25) is 0 Å². The van der Waals surface area contributed by atoms with Crippen molar-refractivity contribution in [3.8, 4) is 54.3 Å². The minimum absolute atomic E-state index is 1.09. The summed E-state index contributed by atoms with van der Waals surface area (Å²) in [7, 11) is 0. The third-order valence-electron chi connectivity index (χ3n) is 15.0. The summed E-state index contributed by atoms with van der Waals surface area (Å²) < 4.78 is 0. The van der Waals surface area contributed by atoms with Crippen LogP contribution in [0.2, 0.25) is 0 Å². The Kier molecular flexibility index (Phi) is 11.8. The summed E-state index contributed by atoms with van der Waals surface area (Å²) in [6.45, 7) is 0. The molecule has 0 aliphatic rings. The molecule has 0 amide bonds. The van der Waals surface area contributed by atoms with Crippen LogP contribution >= 0.6 is 11.3 Å². The summed E-state index contributed by atoms with van der Waals surface area (Å²) in [5.74, 6) is 0.